The molecular formula is C16H21N5OS. The lowest BCUT2D eigenvalue weighted by Gasteiger charge is -2.14. The average molecular weight is 331 g/mol. The summed E-state index contributed by atoms with van der Waals surface area (Å²) < 4.78 is 1.69. The number of hydrogen-bond donors (Lipinski definition) is 0. The molecule has 122 valence electrons. The van der Waals surface area contributed by atoms with Gasteiger partial charge in [-0.3, -0.25) is 4.79 Å². The zero-order chi connectivity index (χ0) is 16.2. The highest BCUT2D eigenvalue weighted by Crippen LogP contribution is 2.21. The normalized spacial score (nSPS) is 14.7. The molecule has 0 spiro atoms. The van der Waals surface area contributed by atoms with E-state index in [1.807, 2.05) is 17.0 Å². The van der Waals surface area contributed by atoms with Crippen LogP contribution in [0.5, 0.6) is 0 Å². The van der Waals surface area contributed by atoms with Crippen molar-refractivity contribution in [3.05, 3.63) is 29.8 Å². The van der Waals surface area contributed by atoms with Gasteiger partial charge in [0.2, 0.25) is 11.1 Å². The predicted molar refractivity (Wildman–Crippen MR) is 89.8 cm³/mol. The summed E-state index contributed by atoms with van der Waals surface area (Å²) in [6.07, 6.45) is 2.21. The number of benzene rings is 1. The Morgan fingerprint density at radius 2 is 1.91 bits per heavy atom. The lowest BCUT2D eigenvalue weighted by atomic mass is 10.0. The van der Waals surface area contributed by atoms with Gasteiger partial charge in [0.15, 0.2) is 0 Å². The summed E-state index contributed by atoms with van der Waals surface area (Å²) >= 11 is 1.39. The number of amides is 1. The lowest BCUT2D eigenvalue weighted by molar-refractivity contribution is -0.127. The van der Waals surface area contributed by atoms with Crippen LogP contribution in [0.3, 0.4) is 0 Å². The SMILES string of the molecule is CC(C)c1ccc(-n2nnnc2SCC(=O)N2CCCC2)cc1. The number of thioether (sulfide) groups is 1. The third-order valence-electron chi connectivity index (χ3n) is 4.03. The van der Waals surface area contributed by atoms with Crippen molar-refractivity contribution in [1.82, 2.24) is 25.1 Å². The number of nitrogens with zero attached hydrogens (tertiary/aromatic N) is 5. The first kappa shape index (κ1) is 16.0. The molecule has 2 heterocycles. The molecule has 0 radical (unpaired) electrons. The molecule has 0 aliphatic carbocycles. The van der Waals surface area contributed by atoms with E-state index in [0.717, 1.165) is 31.6 Å². The number of carbonyl (C=O) groups excluding carboxylic acids is 1. The number of carbonyl (C=O) groups is 1. The average Bonchev–Trinajstić information content (AvgIpc) is 3.24. The van der Waals surface area contributed by atoms with E-state index in [4.69, 9.17) is 0 Å². The van der Waals surface area contributed by atoms with Crippen molar-refractivity contribution in [1.29, 1.82) is 0 Å². The van der Waals surface area contributed by atoms with Gasteiger partial charge in [-0.1, -0.05) is 37.7 Å². The monoisotopic (exact) mass is 331 g/mol. The summed E-state index contributed by atoms with van der Waals surface area (Å²) in [6.45, 7) is 6.08. The van der Waals surface area contributed by atoms with E-state index in [9.17, 15) is 4.79 Å². The summed E-state index contributed by atoms with van der Waals surface area (Å²) in [7, 11) is 0. The smallest absolute Gasteiger partial charge is 0.233 e. The highest BCUT2D eigenvalue weighted by Gasteiger charge is 2.19. The van der Waals surface area contributed by atoms with Crippen molar-refractivity contribution < 1.29 is 4.79 Å². The molecule has 6 nitrogen and oxygen atoms in total. The number of tetrazole rings is 1. The van der Waals surface area contributed by atoms with Crippen LogP contribution in [0, 0.1) is 0 Å². The summed E-state index contributed by atoms with van der Waals surface area (Å²) in [4.78, 5) is 14.1. The summed E-state index contributed by atoms with van der Waals surface area (Å²) in [5, 5.41) is 12.5. The van der Waals surface area contributed by atoms with Gasteiger partial charge in [-0.15, -0.1) is 5.10 Å². The van der Waals surface area contributed by atoms with Crippen molar-refractivity contribution in [3.63, 3.8) is 0 Å². The summed E-state index contributed by atoms with van der Waals surface area (Å²) in [6, 6.07) is 8.20. The molecule has 23 heavy (non-hydrogen) atoms. The predicted octanol–water partition coefficient (Wildman–Crippen LogP) is 2.50. The van der Waals surface area contributed by atoms with Gasteiger partial charge in [0.05, 0.1) is 11.4 Å². The second-order valence-corrected chi connectivity index (χ2v) is 6.94. The molecule has 1 aliphatic rings. The topological polar surface area (TPSA) is 63.9 Å². The Balaban J connectivity index is 1.68. The highest BCUT2D eigenvalue weighted by molar-refractivity contribution is 7.99. The van der Waals surface area contributed by atoms with Crippen LogP contribution in [0.25, 0.3) is 5.69 Å². The highest BCUT2D eigenvalue weighted by atomic mass is 32.2. The molecule has 1 aromatic carbocycles. The van der Waals surface area contributed by atoms with Crippen molar-refractivity contribution in [2.24, 2.45) is 0 Å². The van der Waals surface area contributed by atoms with Crippen molar-refractivity contribution in [2.75, 3.05) is 18.8 Å². The second kappa shape index (κ2) is 7.12. The minimum absolute atomic E-state index is 0.164. The molecule has 1 aliphatic heterocycles. The van der Waals surface area contributed by atoms with E-state index in [1.54, 1.807) is 4.68 Å². The molecule has 0 unspecified atom stereocenters. The van der Waals surface area contributed by atoms with Crippen LogP contribution in [0.15, 0.2) is 29.4 Å². The summed E-state index contributed by atoms with van der Waals surface area (Å²) in [5.74, 6) is 1.03. The first-order valence-electron chi connectivity index (χ1n) is 7.94. The standard InChI is InChI=1S/C16H21N5OS/c1-12(2)13-5-7-14(8-6-13)21-16(17-18-19-21)23-11-15(22)20-9-3-4-10-20/h5-8,12H,3-4,9-11H2,1-2H3. The minimum atomic E-state index is 0.164. The van der Waals surface area contributed by atoms with Gasteiger partial charge in [0.25, 0.3) is 0 Å². The van der Waals surface area contributed by atoms with E-state index in [-0.39, 0.29) is 5.91 Å². The van der Waals surface area contributed by atoms with Crippen LogP contribution in [-0.2, 0) is 4.79 Å². The Morgan fingerprint density at radius 1 is 1.22 bits per heavy atom. The maximum atomic E-state index is 12.1. The van der Waals surface area contributed by atoms with E-state index in [2.05, 4.69) is 41.5 Å². The van der Waals surface area contributed by atoms with Gasteiger partial charge in [-0.05, 0) is 46.9 Å². The third-order valence-corrected chi connectivity index (χ3v) is 4.93. The fourth-order valence-electron chi connectivity index (χ4n) is 2.62. The third kappa shape index (κ3) is 3.72. The Morgan fingerprint density at radius 3 is 2.57 bits per heavy atom. The molecule has 7 heteroatoms. The van der Waals surface area contributed by atoms with Crippen molar-refractivity contribution >= 4 is 17.7 Å². The molecule has 0 N–H and O–H groups in total. The first-order valence-corrected chi connectivity index (χ1v) is 8.93. The lowest BCUT2D eigenvalue weighted by Crippen LogP contribution is -2.29. The number of likely N-dealkylation sites (tertiary alicyclic amines) is 1. The molecule has 3 rings (SSSR count). The van der Waals surface area contributed by atoms with Gasteiger partial charge < -0.3 is 4.90 Å². The van der Waals surface area contributed by atoms with Crippen LogP contribution in [0.4, 0.5) is 0 Å². The Labute approximate surface area is 140 Å². The van der Waals surface area contributed by atoms with Crippen LogP contribution in [0.2, 0.25) is 0 Å². The molecule has 1 saturated heterocycles. The molecule has 1 aromatic heterocycles. The molecule has 1 fully saturated rings. The Hall–Kier alpha value is -1.89. The van der Waals surface area contributed by atoms with Crippen LogP contribution in [0.1, 0.15) is 38.2 Å². The number of aromatic nitrogens is 4. The fourth-order valence-corrected chi connectivity index (χ4v) is 3.41. The van der Waals surface area contributed by atoms with Gasteiger partial charge in [-0.25, -0.2) is 0 Å². The maximum Gasteiger partial charge on any atom is 0.233 e. The fraction of sp³-hybridized carbons (Fsp3) is 0.500. The molecule has 0 saturated carbocycles. The van der Waals surface area contributed by atoms with E-state index in [0.29, 0.717) is 16.8 Å². The van der Waals surface area contributed by atoms with Crippen LogP contribution >= 0.6 is 11.8 Å². The van der Waals surface area contributed by atoms with Crippen LogP contribution < -0.4 is 0 Å². The largest absolute Gasteiger partial charge is 0.342 e. The van der Waals surface area contributed by atoms with Crippen molar-refractivity contribution in [2.45, 2.75) is 37.8 Å². The number of hydrogen-bond acceptors (Lipinski definition) is 5. The number of rotatable bonds is 5. The van der Waals surface area contributed by atoms with E-state index in [1.165, 1.54) is 17.3 Å². The van der Waals surface area contributed by atoms with E-state index < -0.39 is 0 Å². The van der Waals surface area contributed by atoms with Gasteiger partial charge in [0.1, 0.15) is 0 Å². The molecule has 1 amide bonds. The quantitative estimate of drug-likeness (QED) is 0.788. The molecule has 2 aromatic rings. The molecular weight excluding hydrogens is 310 g/mol. The Bertz CT molecular complexity index is 661. The van der Waals surface area contributed by atoms with E-state index >= 15 is 0 Å². The molecule has 0 atom stereocenters. The zero-order valence-electron chi connectivity index (χ0n) is 13.5. The van der Waals surface area contributed by atoms with Gasteiger partial charge >= 0.3 is 0 Å². The first-order chi connectivity index (χ1) is 11.1. The minimum Gasteiger partial charge on any atom is -0.342 e. The molecule has 0 bridgehead atoms. The maximum absolute atomic E-state index is 12.1. The van der Waals surface area contributed by atoms with Crippen molar-refractivity contribution in [3.8, 4) is 5.69 Å². The van der Waals surface area contributed by atoms with Gasteiger partial charge in [-0.2, -0.15) is 4.68 Å². The summed E-state index contributed by atoms with van der Waals surface area (Å²) in [5.41, 5.74) is 2.19. The van der Waals surface area contributed by atoms with Crippen LogP contribution in [-0.4, -0.2) is 49.9 Å². The van der Waals surface area contributed by atoms with Gasteiger partial charge in [0, 0.05) is 13.1 Å². The zero-order valence-corrected chi connectivity index (χ0v) is 14.3. The Kier molecular flexibility index (Phi) is 4.95. The second-order valence-electron chi connectivity index (χ2n) is 6.00.